The summed E-state index contributed by atoms with van der Waals surface area (Å²) >= 11 is 0. The molecule has 1 aromatic carbocycles. The van der Waals surface area contributed by atoms with E-state index in [0.717, 1.165) is 0 Å². The number of nitrogen functional groups attached to an aromatic ring is 1. The zero-order valence-corrected chi connectivity index (χ0v) is 8.54. The SMILES string of the molecule is CCOC(=O)c1ccc(N)c(OC)c1F. The van der Waals surface area contributed by atoms with Crippen LogP contribution < -0.4 is 10.5 Å². The molecule has 4 nitrogen and oxygen atoms in total. The van der Waals surface area contributed by atoms with E-state index >= 15 is 0 Å². The number of hydrogen-bond acceptors (Lipinski definition) is 4. The van der Waals surface area contributed by atoms with Crippen LogP contribution in [0.2, 0.25) is 0 Å². The maximum atomic E-state index is 13.6. The number of carbonyl (C=O) groups excluding carboxylic acids is 1. The second-order valence-corrected chi connectivity index (χ2v) is 2.77. The van der Waals surface area contributed by atoms with Crippen molar-refractivity contribution < 1.29 is 18.7 Å². The van der Waals surface area contributed by atoms with E-state index in [-0.39, 0.29) is 23.6 Å². The molecule has 0 amide bonds. The summed E-state index contributed by atoms with van der Waals surface area (Å²) < 4.78 is 23.0. The Morgan fingerprint density at radius 2 is 2.20 bits per heavy atom. The highest BCUT2D eigenvalue weighted by molar-refractivity contribution is 5.91. The second kappa shape index (κ2) is 4.63. The quantitative estimate of drug-likeness (QED) is 0.611. The molecule has 82 valence electrons. The van der Waals surface area contributed by atoms with Crippen LogP contribution in [0.15, 0.2) is 12.1 Å². The van der Waals surface area contributed by atoms with Crippen LogP contribution in [0.5, 0.6) is 5.75 Å². The fourth-order valence-electron chi connectivity index (χ4n) is 1.14. The highest BCUT2D eigenvalue weighted by Crippen LogP contribution is 2.27. The van der Waals surface area contributed by atoms with Crippen molar-refractivity contribution in [3.05, 3.63) is 23.5 Å². The normalized spacial score (nSPS) is 9.80. The molecular weight excluding hydrogens is 201 g/mol. The summed E-state index contributed by atoms with van der Waals surface area (Å²) in [6.45, 7) is 1.83. The molecule has 15 heavy (non-hydrogen) atoms. The summed E-state index contributed by atoms with van der Waals surface area (Å²) in [4.78, 5) is 11.3. The first-order chi connectivity index (χ1) is 7.11. The molecule has 0 aromatic heterocycles. The Kier molecular flexibility index (Phi) is 3.49. The van der Waals surface area contributed by atoms with E-state index < -0.39 is 11.8 Å². The van der Waals surface area contributed by atoms with Crippen LogP contribution in [0.1, 0.15) is 17.3 Å². The molecule has 0 atom stereocenters. The van der Waals surface area contributed by atoms with E-state index in [4.69, 9.17) is 10.5 Å². The third-order valence-corrected chi connectivity index (χ3v) is 1.83. The molecule has 1 aromatic rings. The summed E-state index contributed by atoms with van der Waals surface area (Å²) in [5, 5.41) is 0. The van der Waals surface area contributed by atoms with Crippen molar-refractivity contribution in [1.29, 1.82) is 0 Å². The molecule has 2 N–H and O–H groups in total. The number of ether oxygens (including phenoxy) is 2. The molecule has 0 saturated carbocycles. The lowest BCUT2D eigenvalue weighted by Crippen LogP contribution is -2.09. The van der Waals surface area contributed by atoms with Crippen LogP contribution in [0.4, 0.5) is 10.1 Å². The van der Waals surface area contributed by atoms with Gasteiger partial charge in [-0.3, -0.25) is 0 Å². The zero-order chi connectivity index (χ0) is 11.4. The predicted octanol–water partition coefficient (Wildman–Crippen LogP) is 1.59. The Labute approximate surface area is 86.8 Å². The molecule has 0 heterocycles. The number of hydrogen-bond donors (Lipinski definition) is 1. The number of benzene rings is 1. The molecule has 0 fully saturated rings. The van der Waals surface area contributed by atoms with Gasteiger partial charge in [0, 0.05) is 0 Å². The van der Waals surface area contributed by atoms with Gasteiger partial charge >= 0.3 is 5.97 Å². The van der Waals surface area contributed by atoms with Crippen LogP contribution in [-0.4, -0.2) is 19.7 Å². The lowest BCUT2D eigenvalue weighted by atomic mass is 10.1. The number of rotatable bonds is 3. The van der Waals surface area contributed by atoms with Gasteiger partial charge in [0.2, 0.25) is 0 Å². The van der Waals surface area contributed by atoms with Crippen LogP contribution >= 0.6 is 0 Å². The van der Waals surface area contributed by atoms with Gasteiger partial charge in [0.15, 0.2) is 11.6 Å². The van der Waals surface area contributed by atoms with Crippen molar-refractivity contribution in [1.82, 2.24) is 0 Å². The van der Waals surface area contributed by atoms with E-state index in [0.29, 0.717) is 0 Å². The van der Waals surface area contributed by atoms with Crippen LogP contribution in [0.25, 0.3) is 0 Å². The van der Waals surface area contributed by atoms with Gasteiger partial charge in [-0.25, -0.2) is 9.18 Å². The van der Waals surface area contributed by atoms with Gasteiger partial charge in [-0.05, 0) is 19.1 Å². The van der Waals surface area contributed by atoms with Crippen LogP contribution in [-0.2, 0) is 4.74 Å². The van der Waals surface area contributed by atoms with E-state index in [1.807, 2.05) is 0 Å². The van der Waals surface area contributed by atoms with Gasteiger partial charge in [0.05, 0.1) is 25.0 Å². The number of methoxy groups -OCH3 is 1. The highest BCUT2D eigenvalue weighted by atomic mass is 19.1. The zero-order valence-electron chi connectivity index (χ0n) is 8.54. The van der Waals surface area contributed by atoms with Crippen molar-refractivity contribution in [3.8, 4) is 5.75 Å². The Hall–Kier alpha value is -1.78. The molecule has 5 heteroatoms. The third kappa shape index (κ3) is 2.18. The van der Waals surface area contributed by atoms with E-state index in [1.165, 1.54) is 19.2 Å². The molecular formula is C10H12FNO3. The topological polar surface area (TPSA) is 61.5 Å². The van der Waals surface area contributed by atoms with Crippen molar-refractivity contribution in [2.45, 2.75) is 6.92 Å². The fraction of sp³-hybridized carbons (Fsp3) is 0.300. The molecule has 0 aliphatic rings. The molecule has 0 unspecified atom stereocenters. The summed E-state index contributed by atoms with van der Waals surface area (Å²) in [7, 11) is 1.28. The number of halogens is 1. The lowest BCUT2D eigenvalue weighted by Gasteiger charge is -2.09. The highest BCUT2D eigenvalue weighted by Gasteiger charge is 2.18. The average molecular weight is 213 g/mol. The van der Waals surface area contributed by atoms with Crippen LogP contribution in [0, 0.1) is 5.82 Å². The molecule has 0 aliphatic heterocycles. The average Bonchev–Trinajstić information content (AvgIpc) is 2.18. The largest absolute Gasteiger partial charge is 0.492 e. The molecule has 0 spiro atoms. The molecule has 0 radical (unpaired) electrons. The Balaban J connectivity index is 3.15. The number of nitrogens with two attached hydrogens (primary N) is 1. The minimum Gasteiger partial charge on any atom is -0.492 e. The first-order valence-electron chi connectivity index (χ1n) is 4.40. The van der Waals surface area contributed by atoms with E-state index in [2.05, 4.69) is 4.74 Å². The first kappa shape index (κ1) is 11.3. The van der Waals surface area contributed by atoms with Crippen molar-refractivity contribution in [3.63, 3.8) is 0 Å². The summed E-state index contributed by atoms with van der Waals surface area (Å²) in [5.74, 6) is -1.66. The maximum Gasteiger partial charge on any atom is 0.341 e. The van der Waals surface area contributed by atoms with Gasteiger partial charge in [-0.15, -0.1) is 0 Å². The smallest absolute Gasteiger partial charge is 0.341 e. The van der Waals surface area contributed by atoms with Gasteiger partial charge in [0.25, 0.3) is 0 Å². The monoisotopic (exact) mass is 213 g/mol. The summed E-state index contributed by atoms with van der Waals surface area (Å²) in [6, 6.07) is 2.67. The van der Waals surface area contributed by atoms with Gasteiger partial charge in [-0.2, -0.15) is 0 Å². The second-order valence-electron chi connectivity index (χ2n) is 2.77. The standard InChI is InChI=1S/C10H12FNO3/c1-3-15-10(13)6-4-5-7(12)9(14-2)8(6)11/h4-5H,3,12H2,1-2H3. The van der Waals surface area contributed by atoms with E-state index in [9.17, 15) is 9.18 Å². The summed E-state index contributed by atoms with van der Waals surface area (Å²) in [6.07, 6.45) is 0. The first-order valence-corrected chi connectivity index (χ1v) is 4.40. The van der Waals surface area contributed by atoms with Crippen LogP contribution in [0.3, 0.4) is 0 Å². The Morgan fingerprint density at radius 3 is 2.73 bits per heavy atom. The molecule has 1 rings (SSSR count). The van der Waals surface area contributed by atoms with E-state index in [1.54, 1.807) is 6.92 Å². The Morgan fingerprint density at radius 1 is 1.53 bits per heavy atom. The van der Waals surface area contributed by atoms with Crippen molar-refractivity contribution in [2.24, 2.45) is 0 Å². The van der Waals surface area contributed by atoms with Crippen molar-refractivity contribution in [2.75, 3.05) is 19.5 Å². The minimum atomic E-state index is -0.795. The third-order valence-electron chi connectivity index (χ3n) is 1.83. The number of anilines is 1. The minimum absolute atomic E-state index is 0.138. The summed E-state index contributed by atoms with van der Waals surface area (Å²) in [5.41, 5.74) is 5.42. The molecule has 0 bridgehead atoms. The van der Waals surface area contributed by atoms with Gasteiger partial charge in [-0.1, -0.05) is 0 Å². The number of carbonyl (C=O) groups is 1. The molecule has 0 saturated heterocycles. The van der Waals surface area contributed by atoms with Gasteiger partial charge in [0.1, 0.15) is 0 Å². The maximum absolute atomic E-state index is 13.6. The van der Waals surface area contributed by atoms with Gasteiger partial charge < -0.3 is 15.2 Å². The lowest BCUT2D eigenvalue weighted by molar-refractivity contribution is 0.0520. The fourth-order valence-corrected chi connectivity index (χ4v) is 1.14. The predicted molar refractivity (Wildman–Crippen MR) is 53.3 cm³/mol. The molecule has 0 aliphatic carbocycles. The number of esters is 1. The van der Waals surface area contributed by atoms with Crippen molar-refractivity contribution >= 4 is 11.7 Å². The Bertz CT molecular complexity index is 379.